The molecular weight excluding hydrogens is 398 g/mol. The molecule has 31 heavy (non-hydrogen) atoms. The number of nitrogens with two attached hydrogens (primary N) is 1. The molecule has 6 N–H and O–H groups in total. The monoisotopic (exact) mass is 423 g/mol. The summed E-state index contributed by atoms with van der Waals surface area (Å²) in [6, 6.07) is 8.25. The molecule has 2 unspecified atom stereocenters. The van der Waals surface area contributed by atoms with Crippen molar-refractivity contribution in [2.45, 2.75) is 32.6 Å². The molecule has 9 heteroatoms. The number of nitrogen functional groups attached to an aromatic ring is 1. The maximum Gasteiger partial charge on any atom is 0.303 e. The Labute approximate surface area is 179 Å². The van der Waals surface area contributed by atoms with E-state index in [4.69, 9.17) is 16.2 Å². The first-order valence-electron chi connectivity index (χ1n) is 10.0. The third-order valence-corrected chi connectivity index (χ3v) is 5.25. The first-order valence-corrected chi connectivity index (χ1v) is 10.0. The summed E-state index contributed by atoms with van der Waals surface area (Å²) in [7, 11) is 0. The highest BCUT2D eigenvalue weighted by Gasteiger charge is 2.48. The molecule has 9 nitrogen and oxygen atoms in total. The number of aliphatic carboxylic acids is 1. The third kappa shape index (κ3) is 5.44. The predicted octanol–water partition coefficient (Wildman–Crippen LogP) is 2.16. The molecule has 1 saturated carbocycles. The number of anilines is 2. The Morgan fingerprint density at radius 2 is 1.77 bits per heavy atom. The van der Waals surface area contributed by atoms with E-state index in [1.165, 1.54) is 0 Å². The van der Waals surface area contributed by atoms with E-state index in [1.54, 1.807) is 36.5 Å². The minimum atomic E-state index is -0.918. The quantitative estimate of drug-likeness (QED) is 0.307. The van der Waals surface area contributed by atoms with Crippen LogP contribution in [0.1, 0.15) is 36.6 Å². The summed E-state index contributed by atoms with van der Waals surface area (Å²) in [6.07, 6.45) is 2.86. The molecule has 1 aromatic heterocycles. The standard InChI is InChI=1S/C22H25N5O4/c1-2-17-14(7-8-19(28)29)18(9-10-25-17)27-22(31)16-11-15(16)21(30)26-13-5-3-12(4-6-13)20(23)24/h3-6,9-10,15-16H,2,7-8,11H2,1H3,(H3,23,24)(H,26,30)(H,28,29)(H,25,27,31). The number of aromatic nitrogens is 1. The van der Waals surface area contributed by atoms with Gasteiger partial charge in [-0.1, -0.05) is 6.92 Å². The lowest BCUT2D eigenvalue weighted by Gasteiger charge is -2.13. The first-order chi connectivity index (χ1) is 14.8. The number of nitrogens with zero attached hydrogens (tertiary/aromatic N) is 1. The highest BCUT2D eigenvalue weighted by Crippen LogP contribution is 2.40. The lowest BCUT2D eigenvalue weighted by molar-refractivity contribution is -0.137. The van der Waals surface area contributed by atoms with Crippen molar-refractivity contribution in [3.8, 4) is 0 Å². The Bertz CT molecular complexity index is 1020. The molecule has 3 rings (SSSR count). The van der Waals surface area contributed by atoms with Crippen LogP contribution in [0.4, 0.5) is 11.4 Å². The number of carbonyl (C=O) groups is 3. The average Bonchev–Trinajstić information content (AvgIpc) is 3.54. The van der Waals surface area contributed by atoms with E-state index >= 15 is 0 Å². The van der Waals surface area contributed by atoms with Crippen LogP contribution in [0.3, 0.4) is 0 Å². The van der Waals surface area contributed by atoms with Crippen LogP contribution in [0, 0.1) is 17.2 Å². The molecule has 1 heterocycles. The topological polar surface area (TPSA) is 158 Å². The van der Waals surface area contributed by atoms with Gasteiger partial charge in [0.1, 0.15) is 5.84 Å². The predicted molar refractivity (Wildman–Crippen MR) is 116 cm³/mol. The minimum absolute atomic E-state index is 0.0538. The zero-order valence-corrected chi connectivity index (χ0v) is 17.1. The van der Waals surface area contributed by atoms with Crippen LogP contribution in [0.5, 0.6) is 0 Å². The second kappa shape index (κ2) is 9.38. The number of hydrogen-bond acceptors (Lipinski definition) is 5. The Morgan fingerprint density at radius 1 is 1.13 bits per heavy atom. The van der Waals surface area contributed by atoms with Gasteiger partial charge in [0.05, 0.1) is 11.8 Å². The summed E-state index contributed by atoms with van der Waals surface area (Å²) >= 11 is 0. The Kier molecular flexibility index (Phi) is 6.64. The first kappa shape index (κ1) is 21.9. The minimum Gasteiger partial charge on any atom is -0.481 e. The molecule has 0 bridgehead atoms. The second-order valence-electron chi connectivity index (χ2n) is 7.45. The van der Waals surface area contributed by atoms with E-state index in [2.05, 4.69) is 15.6 Å². The van der Waals surface area contributed by atoms with Gasteiger partial charge in [0.15, 0.2) is 0 Å². The number of carbonyl (C=O) groups excluding carboxylic acids is 2. The molecule has 2 amide bonds. The number of aryl methyl sites for hydroxylation is 1. The number of hydrogen-bond donors (Lipinski definition) is 5. The fourth-order valence-electron chi connectivity index (χ4n) is 3.44. The molecule has 1 aromatic carbocycles. The van der Waals surface area contributed by atoms with E-state index in [0.717, 1.165) is 5.69 Å². The van der Waals surface area contributed by atoms with E-state index in [-0.39, 0.29) is 30.5 Å². The van der Waals surface area contributed by atoms with Gasteiger partial charge in [-0.3, -0.25) is 24.8 Å². The molecule has 0 aliphatic heterocycles. The molecule has 0 spiro atoms. The lowest BCUT2D eigenvalue weighted by Crippen LogP contribution is -2.21. The van der Waals surface area contributed by atoms with Crippen LogP contribution >= 0.6 is 0 Å². The molecule has 1 aliphatic rings. The van der Waals surface area contributed by atoms with Crippen molar-refractivity contribution in [2.24, 2.45) is 17.6 Å². The zero-order valence-electron chi connectivity index (χ0n) is 17.1. The molecule has 1 fully saturated rings. The van der Waals surface area contributed by atoms with Crippen LogP contribution in [-0.2, 0) is 27.2 Å². The zero-order chi connectivity index (χ0) is 22.5. The summed E-state index contributed by atoms with van der Waals surface area (Å²) < 4.78 is 0. The molecule has 162 valence electrons. The average molecular weight is 423 g/mol. The molecule has 2 aromatic rings. The number of nitrogens with one attached hydrogen (secondary N) is 3. The van der Waals surface area contributed by atoms with Crippen molar-refractivity contribution in [2.75, 3.05) is 10.6 Å². The van der Waals surface area contributed by atoms with Crippen LogP contribution in [0.25, 0.3) is 0 Å². The largest absolute Gasteiger partial charge is 0.481 e. The van der Waals surface area contributed by atoms with Crippen LogP contribution in [0.15, 0.2) is 36.5 Å². The number of amidine groups is 1. The fraction of sp³-hybridized carbons (Fsp3) is 0.318. The molecular formula is C22H25N5O4. The van der Waals surface area contributed by atoms with Gasteiger partial charge < -0.3 is 21.5 Å². The third-order valence-electron chi connectivity index (χ3n) is 5.25. The number of rotatable bonds is 9. The van der Waals surface area contributed by atoms with E-state index in [0.29, 0.717) is 35.3 Å². The van der Waals surface area contributed by atoms with E-state index in [1.807, 2.05) is 6.92 Å². The van der Waals surface area contributed by atoms with Crippen molar-refractivity contribution in [1.29, 1.82) is 5.41 Å². The summed E-state index contributed by atoms with van der Waals surface area (Å²) in [6.45, 7) is 1.92. The van der Waals surface area contributed by atoms with Crippen molar-refractivity contribution < 1.29 is 19.5 Å². The second-order valence-corrected chi connectivity index (χ2v) is 7.45. The van der Waals surface area contributed by atoms with Gasteiger partial charge >= 0.3 is 5.97 Å². The van der Waals surface area contributed by atoms with Gasteiger partial charge in [0, 0.05) is 35.2 Å². The maximum atomic E-state index is 12.7. The van der Waals surface area contributed by atoms with Gasteiger partial charge in [0.2, 0.25) is 11.8 Å². The van der Waals surface area contributed by atoms with E-state index < -0.39 is 17.8 Å². The lowest BCUT2D eigenvalue weighted by atomic mass is 10.0. The van der Waals surface area contributed by atoms with Crippen molar-refractivity contribution in [3.63, 3.8) is 0 Å². The van der Waals surface area contributed by atoms with Crippen LogP contribution in [-0.4, -0.2) is 33.7 Å². The van der Waals surface area contributed by atoms with Crippen LogP contribution in [0.2, 0.25) is 0 Å². The fourth-order valence-corrected chi connectivity index (χ4v) is 3.44. The van der Waals surface area contributed by atoms with Crippen molar-refractivity contribution >= 4 is 35.0 Å². The molecule has 0 radical (unpaired) electrons. The van der Waals surface area contributed by atoms with Crippen LogP contribution < -0.4 is 16.4 Å². The normalized spacial score (nSPS) is 16.9. The van der Waals surface area contributed by atoms with Gasteiger partial charge in [-0.15, -0.1) is 0 Å². The Hall–Kier alpha value is -3.75. The summed E-state index contributed by atoms with van der Waals surface area (Å²) in [5.74, 6) is -2.35. The summed E-state index contributed by atoms with van der Waals surface area (Å²) in [4.78, 5) is 40.4. The highest BCUT2D eigenvalue weighted by atomic mass is 16.4. The Morgan fingerprint density at radius 3 is 2.35 bits per heavy atom. The Balaban J connectivity index is 1.62. The SMILES string of the molecule is CCc1nccc(NC(=O)C2CC2C(=O)Nc2ccc(C(=N)N)cc2)c1CCC(=O)O. The van der Waals surface area contributed by atoms with Gasteiger partial charge in [0.25, 0.3) is 0 Å². The highest BCUT2D eigenvalue weighted by molar-refractivity contribution is 6.03. The van der Waals surface area contributed by atoms with Gasteiger partial charge in [-0.2, -0.15) is 0 Å². The molecule has 1 aliphatic carbocycles. The number of amides is 2. The molecule has 0 saturated heterocycles. The van der Waals surface area contributed by atoms with E-state index in [9.17, 15) is 14.4 Å². The van der Waals surface area contributed by atoms with Crippen molar-refractivity contribution in [3.05, 3.63) is 53.3 Å². The summed E-state index contributed by atoms with van der Waals surface area (Å²) in [5, 5.41) is 22.0. The number of carboxylic acid groups (broad SMARTS) is 1. The smallest absolute Gasteiger partial charge is 0.303 e. The summed E-state index contributed by atoms with van der Waals surface area (Å²) in [5.41, 5.74) is 8.56. The van der Waals surface area contributed by atoms with Gasteiger partial charge in [-0.25, -0.2) is 0 Å². The number of benzene rings is 1. The number of pyridine rings is 1. The molecule has 2 atom stereocenters. The van der Waals surface area contributed by atoms with Gasteiger partial charge in [-0.05, 0) is 55.2 Å². The van der Waals surface area contributed by atoms with Crippen molar-refractivity contribution in [1.82, 2.24) is 4.98 Å². The maximum absolute atomic E-state index is 12.7. The number of carboxylic acids is 1.